The highest BCUT2D eigenvalue weighted by Gasteiger charge is 2.32. The minimum Gasteiger partial charge on any atom is -0.319 e. The summed E-state index contributed by atoms with van der Waals surface area (Å²) in [6.45, 7) is 9.01. The number of para-hydroxylation sites is 6. The SMILES string of the molecule is [C-]#[N+]c1c(-n2c3ccccc3c3cc(-n4c5ccccc5c5ccccc54)ccc32)ccc(-c2c(F)c(F)c(F)c(F)c2F)c1-n1c2ccccc2c2cc(-n3c4ccccc4c4ccccc43)ccc21. The Morgan fingerprint density at radius 3 is 1.04 bits per heavy atom. The average Bonchev–Trinajstić information content (AvgIpc) is 4.15. The number of fused-ring (bicyclic) bond motifs is 12. The Morgan fingerprint density at radius 1 is 0.310 bits per heavy atom. The Hall–Kier alpha value is -9.46. The van der Waals surface area contributed by atoms with Crippen LogP contribution >= 0.6 is 0 Å². The number of rotatable bonds is 5. The van der Waals surface area contributed by atoms with Gasteiger partial charge in [-0.25, -0.2) is 26.8 Å². The molecular weight excluding hydrogens is 898 g/mol. The summed E-state index contributed by atoms with van der Waals surface area (Å²) in [5.41, 5.74) is 7.08. The second-order valence-electron chi connectivity index (χ2n) is 17.7. The maximum absolute atomic E-state index is 16.4. The Morgan fingerprint density at radius 2 is 0.634 bits per heavy atom. The summed E-state index contributed by atoms with van der Waals surface area (Å²) >= 11 is 0. The fraction of sp³-hybridized carbons (Fsp3) is 0. The zero-order valence-corrected chi connectivity index (χ0v) is 37.1. The first-order chi connectivity index (χ1) is 34.8. The monoisotopic (exact) mass is 929 g/mol. The Kier molecular flexibility index (Phi) is 8.59. The predicted octanol–water partition coefficient (Wildman–Crippen LogP) is 17.0. The lowest BCUT2D eigenvalue weighted by Gasteiger charge is -2.21. The molecule has 4 heterocycles. The Bertz CT molecular complexity index is 4540. The van der Waals surface area contributed by atoms with Crippen LogP contribution in [-0.2, 0) is 0 Å². The van der Waals surface area contributed by atoms with Gasteiger partial charge in [0.25, 0.3) is 0 Å². The molecule has 0 aliphatic carbocycles. The zero-order valence-electron chi connectivity index (χ0n) is 37.1. The van der Waals surface area contributed by atoms with Gasteiger partial charge in [-0.3, -0.25) is 0 Å². The molecule has 0 N–H and O–H groups in total. The number of benzene rings is 10. The molecule has 0 radical (unpaired) electrons. The van der Waals surface area contributed by atoms with E-state index in [0.29, 0.717) is 16.7 Å². The molecule has 0 atom stereocenters. The van der Waals surface area contributed by atoms with E-state index in [1.807, 2.05) is 132 Å². The molecule has 4 aromatic heterocycles. The van der Waals surface area contributed by atoms with Gasteiger partial charge in [0.1, 0.15) is 0 Å². The molecule has 10 aromatic carbocycles. The molecule has 0 saturated carbocycles. The van der Waals surface area contributed by atoms with Crippen LogP contribution in [0.1, 0.15) is 0 Å². The van der Waals surface area contributed by atoms with Gasteiger partial charge in [0.15, 0.2) is 23.3 Å². The number of halogens is 5. The van der Waals surface area contributed by atoms with Gasteiger partial charge < -0.3 is 18.3 Å². The molecule has 0 fully saturated rings. The van der Waals surface area contributed by atoms with Gasteiger partial charge in [-0.2, -0.15) is 0 Å². The van der Waals surface area contributed by atoms with E-state index in [1.54, 1.807) is 4.57 Å². The molecule has 0 unspecified atom stereocenters. The normalized spacial score (nSPS) is 12.0. The lowest BCUT2D eigenvalue weighted by molar-refractivity contribution is 0.381. The van der Waals surface area contributed by atoms with Crippen molar-refractivity contribution in [1.82, 2.24) is 18.3 Å². The van der Waals surface area contributed by atoms with Crippen molar-refractivity contribution in [1.29, 1.82) is 0 Å². The topological polar surface area (TPSA) is 24.1 Å². The first kappa shape index (κ1) is 40.6. The third-order valence-electron chi connectivity index (χ3n) is 14.2. The van der Waals surface area contributed by atoms with Gasteiger partial charge in [-0.1, -0.05) is 115 Å². The molecule has 71 heavy (non-hydrogen) atoms. The van der Waals surface area contributed by atoms with Crippen LogP contribution in [0.25, 0.3) is 126 Å². The summed E-state index contributed by atoms with van der Waals surface area (Å²) in [6, 6.07) is 62.9. The van der Waals surface area contributed by atoms with Crippen molar-refractivity contribution in [2.24, 2.45) is 0 Å². The second kappa shape index (κ2) is 15.0. The summed E-state index contributed by atoms with van der Waals surface area (Å²) in [7, 11) is 0. The summed E-state index contributed by atoms with van der Waals surface area (Å²) < 4.78 is 86.4. The summed E-state index contributed by atoms with van der Waals surface area (Å²) in [4.78, 5) is 4.16. The maximum Gasteiger partial charge on any atom is 0.234 e. The number of nitrogens with zero attached hydrogens (tertiary/aromatic N) is 5. The fourth-order valence-corrected chi connectivity index (χ4v) is 11.2. The summed E-state index contributed by atoms with van der Waals surface area (Å²) in [5.74, 6) is -10.5. The van der Waals surface area contributed by atoms with E-state index in [-0.39, 0.29) is 16.9 Å². The molecule has 336 valence electrons. The van der Waals surface area contributed by atoms with Crippen LogP contribution in [-0.4, -0.2) is 18.3 Å². The molecule has 0 saturated heterocycles. The highest BCUT2D eigenvalue weighted by Crippen LogP contribution is 2.48. The molecule has 5 nitrogen and oxygen atoms in total. The highest BCUT2D eigenvalue weighted by molar-refractivity contribution is 6.15. The van der Waals surface area contributed by atoms with Crippen LogP contribution in [0.15, 0.2) is 194 Å². The lowest BCUT2D eigenvalue weighted by Crippen LogP contribution is -2.08. The van der Waals surface area contributed by atoms with Gasteiger partial charge >= 0.3 is 0 Å². The predicted molar refractivity (Wildman–Crippen MR) is 275 cm³/mol. The zero-order chi connectivity index (χ0) is 47.8. The minimum absolute atomic E-state index is 0.0515. The van der Waals surface area contributed by atoms with Gasteiger partial charge in [0.05, 0.1) is 67.6 Å². The first-order valence-electron chi connectivity index (χ1n) is 22.9. The van der Waals surface area contributed by atoms with Crippen molar-refractivity contribution in [2.75, 3.05) is 0 Å². The number of aromatic nitrogens is 4. The summed E-state index contributed by atoms with van der Waals surface area (Å²) in [6.07, 6.45) is 0. The molecule has 14 aromatic rings. The third kappa shape index (κ3) is 5.54. The third-order valence-corrected chi connectivity index (χ3v) is 14.2. The molecule has 0 bridgehead atoms. The van der Waals surface area contributed by atoms with Crippen molar-refractivity contribution in [2.45, 2.75) is 0 Å². The van der Waals surface area contributed by atoms with Gasteiger partial charge in [-0.05, 0) is 78.9 Å². The molecule has 0 aliphatic rings. The largest absolute Gasteiger partial charge is 0.319 e. The lowest BCUT2D eigenvalue weighted by atomic mass is 9.98. The van der Waals surface area contributed by atoms with Crippen molar-refractivity contribution >= 4 is 92.9 Å². The minimum atomic E-state index is -2.27. The maximum atomic E-state index is 16.4. The quantitative estimate of drug-likeness (QED) is 0.0711. The van der Waals surface area contributed by atoms with Crippen molar-refractivity contribution in [3.8, 4) is 33.9 Å². The van der Waals surface area contributed by atoms with E-state index in [9.17, 15) is 4.39 Å². The molecule has 0 spiro atoms. The van der Waals surface area contributed by atoms with E-state index in [2.05, 4.69) is 68.6 Å². The fourth-order valence-electron chi connectivity index (χ4n) is 11.2. The van der Waals surface area contributed by atoms with Crippen LogP contribution in [0.2, 0.25) is 0 Å². The smallest absolute Gasteiger partial charge is 0.234 e. The molecule has 14 rings (SSSR count). The highest BCUT2D eigenvalue weighted by atomic mass is 19.2. The van der Waals surface area contributed by atoms with Gasteiger partial charge in [-0.15, -0.1) is 0 Å². The first-order valence-corrected chi connectivity index (χ1v) is 22.9. The van der Waals surface area contributed by atoms with Crippen LogP contribution in [0.5, 0.6) is 0 Å². The van der Waals surface area contributed by atoms with E-state index in [1.165, 1.54) is 12.1 Å². The van der Waals surface area contributed by atoms with E-state index in [4.69, 9.17) is 6.57 Å². The molecular formula is C61H32F5N5. The van der Waals surface area contributed by atoms with Crippen LogP contribution in [0.4, 0.5) is 27.6 Å². The van der Waals surface area contributed by atoms with Crippen LogP contribution in [0.3, 0.4) is 0 Å². The standard InChI is InChI=1S/C61H32F5N5/c1-67-60-53(70-49-24-12-6-18-40(49)43-32-34(26-29-51(43)70)68-45-20-8-2-14-36(45)37-15-3-9-21-46(37)68)31-28-42(54-55(62)57(64)59(66)58(65)56(54)63)61(60)71-50-25-13-7-19-41(50)44-33-35(27-30-52(44)71)69-47-22-10-4-16-38(47)39-17-5-11-23-48(39)69/h2-33H. The van der Waals surface area contributed by atoms with Crippen molar-refractivity contribution < 1.29 is 22.0 Å². The Labute approximate surface area is 400 Å². The van der Waals surface area contributed by atoms with Gasteiger partial charge in [0.2, 0.25) is 11.5 Å². The molecule has 0 aliphatic heterocycles. The number of hydrogen-bond acceptors (Lipinski definition) is 0. The van der Waals surface area contributed by atoms with Crippen LogP contribution < -0.4 is 0 Å². The summed E-state index contributed by atoms with van der Waals surface area (Å²) in [5, 5.41) is 7.60. The van der Waals surface area contributed by atoms with E-state index >= 15 is 17.6 Å². The molecule has 10 heteroatoms. The van der Waals surface area contributed by atoms with Crippen LogP contribution in [0, 0.1) is 35.7 Å². The van der Waals surface area contributed by atoms with Gasteiger partial charge in [0, 0.05) is 60.0 Å². The number of hydrogen-bond donors (Lipinski definition) is 0. The second-order valence-corrected chi connectivity index (χ2v) is 17.7. The van der Waals surface area contributed by atoms with Crippen molar-refractivity contribution in [3.05, 3.63) is 235 Å². The van der Waals surface area contributed by atoms with E-state index in [0.717, 1.165) is 87.6 Å². The van der Waals surface area contributed by atoms with Crippen molar-refractivity contribution in [3.63, 3.8) is 0 Å². The Balaban J connectivity index is 1.08. The van der Waals surface area contributed by atoms with E-state index < -0.39 is 34.6 Å². The molecule has 0 amide bonds. The average molecular weight is 930 g/mol.